The van der Waals surface area contributed by atoms with Gasteiger partial charge in [0.15, 0.2) is 11.2 Å². The van der Waals surface area contributed by atoms with Crippen molar-refractivity contribution in [2.24, 2.45) is 0 Å². The highest BCUT2D eigenvalue weighted by molar-refractivity contribution is 5.94. The van der Waals surface area contributed by atoms with Gasteiger partial charge in [0, 0.05) is 24.5 Å². The number of ether oxygens (including phenoxy) is 1. The molecule has 1 fully saturated rings. The third-order valence-corrected chi connectivity index (χ3v) is 6.40. The van der Waals surface area contributed by atoms with Crippen molar-refractivity contribution in [1.29, 1.82) is 0 Å². The molecule has 5 N–H and O–H groups in total. The van der Waals surface area contributed by atoms with Crippen LogP contribution in [0, 0.1) is 0 Å². The summed E-state index contributed by atoms with van der Waals surface area (Å²) < 4.78 is 13.1. The molecular formula is C26H24N8O6. The van der Waals surface area contributed by atoms with Gasteiger partial charge in [-0.15, -0.1) is 10.2 Å². The van der Waals surface area contributed by atoms with Crippen LogP contribution in [-0.4, -0.2) is 64.7 Å². The van der Waals surface area contributed by atoms with Gasteiger partial charge >= 0.3 is 0 Å². The fourth-order valence-electron chi connectivity index (χ4n) is 4.49. The number of aliphatic hydroxyl groups excluding tert-OH is 2. The van der Waals surface area contributed by atoms with E-state index in [-0.39, 0.29) is 41.9 Å². The van der Waals surface area contributed by atoms with Crippen LogP contribution in [0.4, 0.5) is 17.3 Å². The number of H-pyrrole nitrogens is 1. The Labute approximate surface area is 225 Å². The first-order valence-corrected chi connectivity index (χ1v) is 12.4. The van der Waals surface area contributed by atoms with E-state index in [2.05, 4.69) is 35.8 Å². The molecule has 1 aliphatic heterocycles. The first-order chi connectivity index (χ1) is 19.4. The van der Waals surface area contributed by atoms with Gasteiger partial charge in [-0.25, -0.2) is 4.98 Å². The van der Waals surface area contributed by atoms with Gasteiger partial charge in [0.25, 0.3) is 5.56 Å². The van der Waals surface area contributed by atoms with Crippen molar-refractivity contribution < 1.29 is 24.2 Å². The zero-order valence-corrected chi connectivity index (χ0v) is 21.1. The van der Waals surface area contributed by atoms with Crippen molar-refractivity contribution in [2.45, 2.75) is 31.8 Å². The number of benzene rings is 2. The number of hydrogen-bond acceptors (Lipinski definition) is 11. The lowest BCUT2D eigenvalue weighted by Crippen LogP contribution is -2.24. The van der Waals surface area contributed by atoms with Crippen LogP contribution in [-0.2, 0) is 9.53 Å². The average Bonchev–Trinajstić information content (AvgIpc) is 3.68. The van der Waals surface area contributed by atoms with E-state index in [1.807, 2.05) is 30.3 Å². The van der Waals surface area contributed by atoms with Gasteiger partial charge in [-0.2, -0.15) is 4.98 Å². The molecule has 6 rings (SSSR count). The molecule has 1 saturated heterocycles. The van der Waals surface area contributed by atoms with Crippen molar-refractivity contribution in [3.05, 3.63) is 65.2 Å². The summed E-state index contributed by atoms with van der Waals surface area (Å²) in [6.45, 7) is 1.03. The molecule has 40 heavy (non-hydrogen) atoms. The number of aliphatic hydroxyl groups is 2. The topological polar surface area (TPSA) is 193 Å². The molecule has 0 aliphatic carbocycles. The van der Waals surface area contributed by atoms with Crippen molar-refractivity contribution in [3.8, 4) is 22.9 Å². The zero-order chi connectivity index (χ0) is 27.8. The Hall–Kier alpha value is -4.92. The molecule has 14 nitrogen and oxygen atoms in total. The average molecular weight is 545 g/mol. The molecule has 3 atom stereocenters. The van der Waals surface area contributed by atoms with Crippen LogP contribution in [0.5, 0.6) is 0 Å². The highest BCUT2D eigenvalue weighted by Crippen LogP contribution is 2.33. The second kappa shape index (κ2) is 10.3. The van der Waals surface area contributed by atoms with E-state index in [1.54, 1.807) is 18.2 Å². The minimum absolute atomic E-state index is 0.0655. The Morgan fingerprint density at radius 1 is 1.12 bits per heavy atom. The lowest BCUT2D eigenvalue weighted by molar-refractivity contribution is -0.114. The quantitative estimate of drug-likeness (QED) is 0.202. The number of nitrogens with one attached hydrogen (secondary N) is 3. The molecule has 0 spiro atoms. The Morgan fingerprint density at radius 2 is 1.90 bits per heavy atom. The number of amides is 1. The number of anilines is 3. The van der Waals surface area contributed by atoms with Crippen LogP contribution in [0.1, 0.15) is 19.6 Å². The second-order valence-electron chi connectivity index (χ2n) is 9.20. The summed E-state index contributed by atoms with van der Waals surface area (Å²) in [6.07, 6.45) is -0.706. The lowest BCUT2D eigenvalue weighted by atomic mass is 10.1. The minimum atomic E-state index is -0.873. The van der Waals surface area contributed by atoms with Crippen LogP contribution < -0.4 is 16.2 Å². The number of fused-ring (bicyclic) bond motifs is 1. The summed E-state index contributed by atoms with van der Waals surface area (Å²) >= 11 is 0. The first-order valence-electron chi connectivity index (χ1n) is 12.4. The maximum absolute atomic E-state index is 12.8. The Balaban J connectivity index is 1.36. The van der Waals surface area contributed by atoms with Gasteiger partial charge in [-0.05, 0) is 30.3 Å². The highest BCUT2D eigenvalue weighted by atomic mass is 16.5. The number of aromatic amines is 1. The van der Waals surface area contributed by atoms with Gasteiger partial charge < -0.3 is 30.0 Å². The summed E-state index contributed by atoms with van der Waals surface area (Å²) in [6, 6.07) is 14.4. The second-order valence-corrected chi connectivity index (χ2v) is 9.20. The maximum atomic E-state index is 12.8. The van der Waals surface area contributed by atoms with Crippen LogP contribution >= 0.6 is 0 Å². The summed E-state index contributed by atoms with van der Waals surface area (Å²) in [5.74, 6) is 0.367. The molecular weight excluding hydrogens is 520 g/mol. The van der Waals surface area contributed by atoms with Crippen molar-refractivity contribution in [2.75, 3.05) is 17.2 Å². The number of aromatic nitrogens is 6. The van der Waals surface area contributed by atoms with E-state index in [4.69, 9.17) is 9.15 Å². The van der Waals surface area contributed by atoms with Crippen molar-refractivity contribution >= 4 is 34.4 Å². The van der Waals surface area contributed by atoms with E-state index in [1.165, 1.54) is 17.8 Å². The van der Waals surface area contributed by atoms with Crippen molar-refractivity contribution in [1.82, 2.24) is 29.7 Å². The fourth-order valence-corrected chi connectivity index (χ4v) is 4.49. The monoisotopic (exact) mass is 544 g/mol. The normalized spacial score (nSPS) is 18.7. The molecule has 0 unspecified atom stereocenters. The van der Waals surface area contributed by atoms with Crippen LogP contribution in [0.3, 0.4) is 0 Å². The molecule has 3 aromatic heterocycles. The molecule has 5 aromatic rings. The largest absolute Gasteiger partial charge is 0.416 e. The number of rotatable bonds is 7. The molecule has 204 valence electrons. The summed E-state index contributed by atoms with van der Waals surface area (Å²) in [5, 5.41) is 33.7. The minimum Gasteiger partial charge on any atom is -0.416 e. The van der Waals surface area contributed by atoms with Crippen molar-refractivity contribution in [3.63, 3.8) is 0 Å². The standard InChI is InChI=1S/C26H24N8O6/c1-13(36)28-16-8-7-15(25-33-32-24(40-25)14-5-3-2-4-6-14)9-17(16)29-26-30-22-21(23(38)31-26)27-12-34(22)20-10-18(37)19(11-35)39-20/h2-9,12,18-20,35,37H,10-11H2,1H3,(H,28,36)(H2,29,30,31,38)/t18-,19-,20-/m1/s1. The molecule has 4 heterocycles. The van der Waals surface area contributed by atoms with E-state index >= 15 is 0 Å². The first kappa shape index (κ1) is 25.4. The number of carbonyl (C=O) groups is 1. The molecule has 0 radical (unpaired) electrons. The highest BCUT2D eigenvalue weighted by Gasteiger charge is 2.35. The Morgan fingerprint density at radius 3 is 2.62 bits per heavy atom. The Bertz CT molecular complexity index is 1750. The van der Waals surface area contributed by atoms with Gasteiger partial charge in [0.05, 0.1) is 30.4 Å². The summed E-state index contributed by atoms with van der Waals surface area (Å²) in [7, 11) is 0. The third-order valence-electron chi connectivity index (χ3n) is 6.40. The predicted molar refractivity (Wildman–Crippen MR) is 143 cm³/mol. The van der Waals surface area contributed by atoms with Crippen LogP contribution in [0.2, 0.25) is 0 Å². The van der Waals surface area contributed by atoms with Gasteiger partial charge in [-0.1, -0.05) is 18.2 Å². The SMILES string of the molecule is CC(=O)Nc1ccc(-c2nnc(-c3ccccc3)o2)cc1Nc1nc2c(ncn2[C@H]2C[C@@H](O)[C@@H](CO)O2)c(=O)[nH]1. The van der Waals surface area contributed by atoms with E-state index < -0.39 is 24.0 Å². The molecule has 14 heteroatoms. The molecule has 0 saturated carbocycles. The van der Waals surface area contributed by atoms with Crippen LogP contribution in [0.15, 0.2) is 64.1 Å². The number of hydrogen-bond donors (Lipinski definition) is 5. The zero-order valence-electron chi connectivity index (χ0n) is 21.1. The van der Waals surface area contributed by atoms with E-state index in [0.717, 1.165) is 5.56 Å². The van der Waals surface area contributed by atoms with E-state index in [0.29, 0.717) is 22.8 Å². The molecule has 2 aromatic carbocycles. The number of imidazole rings is 1. The number of carbonyl (C=O) groups excluding carboxylic acids is 1. The van der Waals surface area contributed by atoms with Gasteiger partial charge in [-0.3, -0.25) is 19.1 Å². The molecule has 1 aliphatic rings. The third kappa shape index (κ3) is 4.82. The smallest absolute Gasteiger partial charge is 0.280 e. The fraction of sp³-hybridized carbons (Fsp3) is 0.231. The van der Waals surface area contributed by atoms with Crippen LogP contribution in [0.25, 0.3) is 34.1 Å². The maximum Gasteiger partial charge on any atom is 0.280 e. The number of nitrogens with zero attached hydrogens (tertiary/aromatic N) is 5. The lowest BCUT2D eigenvalue weighted by Gasteiger charge is -2.15. The summed E-state index contributed by atoms with van der Waals surface area (Å²) in [4.78, 5) is 36.0. The summed E-state index contributed by atoms with van der Waals surface area (Å²) in [5.41, 5.74) is 1.92. The molecule has 1 amide bonds. The Kier molecular flexibility index (Phi) is 6.55. The van der Waals surface area contributed by atoms with Gasteiger partial charge in [0.1, 0.15) is 12.3 Å². The van der Waals surface area contributed by atoms with E-state index in [9.17, 15) is 19.8 Å². The predicted octanol–water partition coefficient (Wildman–Crippen LogP) is 2.18. The molecule has 0 bridgehead atoms. The van der Waals surface area contributed by atoms with Gasteiger partial charge in [0.2, 0.25) is 23.6 Å².